The Bertz CT molecular complexity index is 2490. The number of benzene rings is 3. The maximum Gasteiger partial charge on any atom is 0.407 e. The first kappa shape index (κ1) is 92.6. The largest absolute Gasteiger partial charge is 0.480 e. The minimum Gasteiger partial charge on any atom is -0.480 e. The molecule has 5 N–H and O–H groups in total. The second-order valence-corrected chi connectivity index (χ2v) is 23.6. The van der Waals surface area contributed by atoms with Crippen molar-refractivity contribution in [3.63, 3.8) is 0 Å². The highest BCUT2D eigenvalue weighted by molar-refractivity contribution is 5.74. The molecule has 6 atom stereocenters. The predicted octanol–water partition coefficient (Wildman–Crippen LogP) is 11.5. The second kappa shape index (κ2) is 51.6. The van der Waals surface area contributed by atoms with Gasteiger partial charge in [0, 0.05) is 58.5 Å². The number of carbonyl (C=O) groups is 5. The van der Waals surface area contributed by atoms with Gasteiger partial charge in [0.2, 0.25) is 0 Å². The topological polar surface area (TPSA) is 284 Å². The molecular weight excluding hydrogens is 1210 g/mol. The Morgan fingerprint density at radius 3 is 1.40 bits per heavy atom. The first-order valence-electron chi connectivity index (χ1n) is 30.9. The zero-order chi connectivity index (χ0) is 65.5. The standard InChI is InChI=1S/C29H37NO6.C21H31NO4.C9H18O4.C5H10O4.C3H8O2.5CH4/c1-29-14-8-4-7-11-23(27(29)30-28(32)35-19-21-9-5-3-6-10-21)17-22-12-13-24(18-25(22)29)36-26(31)20-34-16-15-33-2;1-21-9-5-3-4-6-16(20(21)22)12-15-7-8-17(13-18(15)21)26-19(23)14-25-11-10-24-2;1-9(2,3)13-8(10)7-12-6-5-11-4;1-8-2-3-9-4-5(6)7;1-5-3-2-4;;;;;/h3,5-6,9-10,12-13,18,23,27H,4,7-8,11,14-17,19-20H2,1-2H3,(H,30,32);7-8,13,16,20H,3-6,9-12,14,22H2,1-2H3;5-7H2,1-4H3;2-4H2,1H3,(H,6,7);4H,2-3H2,1H3;5*1H4/t23-,27-,29+;16-,20-,21+;;;;;;;;/m00......../s1. The van der Waals surface area contributed by atoms with Crippen molar-refractivity contribution in [3.8, 4) is 11.5 Å². The van der Waals surface area contributed by atoms with Crippen LogP contribution in [0.25, 0.3) is 0 Å². The first-order chi connectivity index (χ1) is 42.7. The number of carboxylic acids is 1. The fourth-order valence-electron chi connectivity index (χ4n) is 11.3. The Hall–Kier alpha value is -5.63. The molecule has 22 heteroatoms. The molecule has 0 aliphatic heterocycles. The summed E-state index contributed by atoms with van der Waals surface area (Å²) in [6.07, 6.45) is 13.0. The quantitative estimate of drug-likeness (QED) is 0.0313. The van der Waals surface area contributed by atoms with E-state index in [0.717, 1.165) is 56.1 Å². The number of hydrogen-bond donors (Lipinski definition) is 4. The van der Waals surface area contributed by atoms with Gasteiger partial charge in [0.1, 0.15) is 50.1 Å². The van der Waals surface area contributed by atoms with Crippen LogP contribution < -0.4 is 20.5 Å². The molecule has 3 aromatic carbocycles. The number of rotatable bonds is 27. The number of aliphatic carboxylic acids is 1. The smallest absolute Gasteiger partial charge is 0.407 e. The van der Waals surface area contributed by atoms with E-state index >= 15 is 0 Å². The summed E-state index contributed by atoms with van der Waals surface area (Å²) in [7, 11) is 7.85. The van der Waals surface area contributed by atoms with Gasteiger partial charge in [0.05, 0.1) is 66.1 Å². The maximum atomic E-state index is 12.9. The second-order valence-electron chi connectivity index (χ2n) is 23.6. The van der Waals surface area contributed by atoms with Gasteiger partial charge in [0.25, 0.3) is 0 Å². The van der Waals surface area contributed by atoms with Crippen LogP contribution in [0, 0.1) is 11.8 Å². The van der Waals surface area contributed by atoms with Crippen molar-refractivity contribution in [1.82, 2.24) is 5.32 Å². The van der Waals surface area contributed by atoms with Crippen molar-refractivity contribution in [2.24, 2.45) is 17.6 Å². The van der Waals surface area contributed by atoms with E-state index in [2.05, 4.69) is 45.5 Å². The lowest BCUT2D eigenvalue weighted by Gasteiger charge is -2.49. The Balaban J connectivity index is -0.00000125. The Morgan fingerprint density at radius 1 is 0.543 bits per heavy atom. The Kier molecular flexibility index (Phi) is 50.8. The number of nitrogens with one attached hydrogen (secondary N) is 1. The summed E-state index contributed by atoms with van der Waals surface area (Å²) in [6, 6.07) is 21.7. The highest BCUT2D eigenvalue weighted by Crippen LogP contribution is 2.48. The van der Waals surface area contributed by atoms with Gasteiger partial charge in [-0.15, -0.1) is 0 Å². The fraction of sp³-hybridized carbons (Fsp3) is 0.681. The molecule has 2 saturated carbocycles. The fourth-order valence-corrected chi connectivity index (χ4v) is 11.3. The lowest BCUT2D eigenvalue weighted by atomic mass is 9.59. The zero-order valence-electron chi connectivity index (χ0n) is 54.6. The van der Waals surface area contributed by atoms with Gasteiger partial charge >= 0.3 is 30.0 Å². The Labute approximate surface area is 564 Å². The number of carbonyl (C=O) groups excluding carboxylic acids is 4. The molecule has 3 aromatic rings. The summed E-state index contributed by atoms with van der Waals surface area (Å²) in [5, 5.41) is 19.2. The molecule has 0 heterocycles. The maximum absolute atomic E-state index is 12.9. The van der Waals surface area contributed by atoms with Crippen molar-refractivity contribution in [3.05, 3.63) is 94.5 Å². The van der Waals surface area contributed by atoms with Gasteiger partial charge in [-0.25, -0.2) is 24.0 Å². The van der Waals surface area contributed by atoms with Crippen LogP contribution in [0.5, 0.6) is 11.5 Å². The number of nitrogens with two attached hydrogens (primary N) is 1. The average Bonchev–Trinajstić information content (AvgIpc) is 0.756. The number of carboxylic acid groups (broad SMARTS) is 1. The number of methoxy groups -OCH3 is 5. The van der Waals surface area contributed by atoms with Crippen LogP contribution in [0.3, 0.4) is 0 Å². The van der Waals surface area contributed by atoms with Gasteiger partial charge in [-0.3, -0.25) is 0 Å². The number of ether oxygens (including phenoxy) is 13. The third kappa shape index (κ3) is 34.9. The molecule has 1 amide bonds. The van der Waals surface area contributed by atoms with Crippen LogP contribution in [0.4, 0.5) is 4.79 Å². The number of fused-ring (bicyclic) bond motifs is 8. The first-order valence-corrected chi connectivity index (χ1v) is 30.9. The van der Waals surface area contributed by atoms with E-state index in [1.54, 1.807) is 28.4 Å². The van der Waals surface area contributed by atoms with E-state index in [1.165, 1.54) is 55.9 Å². The SMILES string of the molecule is C.C.C.C.C.COCCO.COCCOCC(=O)O.COCCOCC(=O)OC(C)(C)C.COCCOCC(=O)Oc1ccc2c(c1)[C@@]1(C)CCCCC[C@@H](C2)[C@@H]1N.COCCOCC(=O)Oc1ccc2c(c1)[C@@]1(C)CCCCC[C@@H](C2)[C@@H]1NC(=O)OCc1ccccc1. The highest BCUT2D eigenvalue weighted by Gasteiger charge is 2.47. The van der Waals surface area contributed by atoms with Gasteiger partial charge in [-0.1, -0.05) is 132 Å². The molecule has 4 bridgehead atoms. The molecule has 22 nitrogen and oxygen atoms in total. The molecule has 0 aromatic heterocycles. The van der Waals surface area contributed by atoms with E-state index in [4.69, 9.17) is 63.3 Å². The van der Waals surface area contributed by atoms with Crippen molar-refractivity contribution in [2.45, 2.75) is 184 Å². The lowest BCUT2D eigenvalue weighted by Crippen LogP contribution is -2.57. The van der Waals surface area contributed by atoms with Crippen LogP contribution >= 0.6 is 0 Å². The summed E-state index contributed by atoms with van der Waals surface area (Å²) in [5.41, 5.74) is 11.9. The van der Waals surface area contributed by atoms with E-state index in [9.17, 15) is 24.0 Å². The number of hydrogen-bond acceptors (Lipinski definition) is 20. The number of aliphatic hydroxyl groups excluding tert-OH is 1. The molecule has 4 aliphatic rings. The molecule has 2 fully saturated rings. The third-order valence-corrected chi connectivity index (χ3v) is 15.6. The van der Waals surface area contributed by atoms with E-state index in [0.29, 0.717) is 82.8 Å². The van der Waals surface area contributed by atoms with Crippen LogP contribution in [0.1, 0.15) is 164 Å². The number of amides is 1. The van der Waals surface area contributed by atoms with Gasteiger partial charge in [-0.2, -0.15) is 0 Å². The molecule has 0 radical (unpaired) electrons. The minimum atomic E-state index is -0.953. The van der Waals surface area contributed by atoms with E-state index < -0.39 is 17.5 Å². The van der Waals surface area contributed by atoms with Crippen LogP contribution in [-0.2, 0) is 102 Å². The highest BCUT2D eigenvalue weighted by atomic mass is 16.6. The normalized spacial score (nSPS) is 19.5. The van der Waals surface area contributed by atoms with Gasteiger partial charge in [0.15, 0.2) is 0 Å². The molecule has 94 heavy (non-hydrogen) atoms. The number of esters is 3. The molecule has 0 spiro atoms. The predicted molar refractivity (Wildman–Crippen MR) is 368 cm³/mol. The number of alkyl carbamates (subject to hydrolysis) is 1. The molecule has 7 rings (SSSR count). The monoisotopic (exact) mass is 1340 g/mol. The summed E-state index contributed by atoms with van der Waals surface area (Å²) in [4.78, 5) is 58.0. The third-order valence-electron chi connectivity index (χ3n) is 15.6. The summed E-state index contributed by atoms with van der Waals surface area (Å²) in [6.45, 7) is 13.6. The van der Waals surface area contributed by atoms with Gasteiger partial charge < -0.3 is 82.8 Å². The van der Waals surface area contributed by atoms with Crippen molar-refractivity contribution < 1.29 is 95.8 Å². The molecule has 0 unspecified atom stereocenters. The van der Waals surface area contributed by atoms with Crippen molar-refractivity contribution in [1.29, 1.82) is 0 Å². The molecular formula is C72H124N2O20. The molecule has 0 saturated heterocycles. The van der Waals surface area contributed by atoms with Gasteiger partial charge in [-0.05, 0) is 123 Å². The Morgan fingerprint density at radius 2 is 0.968 bits per heavy atom. The van der Waals surface area contributed by atoms with E-state index in [1.807, 2.05) is 75.4 Å². The lowest BCUT2D eigenvalue weighted by molar-refractivity contribution is -0.160. The van der Waals surface area contributed by atoms with Crippen molar-refractivity contribution >= 4 is 30.0 Å². The van der Waals surface area contributed by atoms with Crippen LogP contribution in [0.15, 0.2) is 66.7 Å². The summed E-state index contributed by atoms with van der Waals surface area (Å²) < 4.78 is 65.4. The van der Waals surface area contributed by atoms with E-state index in [-0.39, 0.29) is 118 Å². The van der Waals surface area contributed by atoms with Crippen molar-refractivity contribution in [2.75, 3.05) is 128 Å². The number of aliphatic hydroxyl groups is 1. The molecule has 4 aliphatic carbocycles. The molecule has 542 valence electrons. The summed E-state index contributed by atoms with van der Waals surface area (Å²) in [5.74, 6) is -0.164. The van der Waals surface area contributed by atoms with Crippen LogP contribution in [0.2, 0.25) is 0 Å². The minimum absolute atomic E-state index is 0. The zero-order valence-corrected chi connectivity index (χ0v) is 54.6. The average molecular weight is 1340 g/mol. The summed E-state index contributed by atoms with van der Waals surface area (Å²) >= 11 is 0. The van der Waals surface area contributed by atoms with Crippen LogP contribution in [-0.4, -0.2) is 186 Å².